The summed E-state index contributed by atoms with van der Waals surface area (Å²) in [5.74, 6) is 0.760. The Balaban J connectivity index is 2.00. The summed E-state index contributed by atoms with van der Waals surface area (Å²) in [6.07, 6.45) is 3.48. The van der Waals surface area contributed by atoms with E-state index < -0.39 is 5.54 Å². The number of ether oxygens (including phenoxy) is 1. The Kier molecular flexibility index (Phi) is 5.40. The van der Waals surface area contributed by atoms with Gasteiger partial charge in [-0.25, -0.2) is 4.98 Å². The summed E-state index contributed by atoms with van der Waals surface area (Å²) in [6.45, 7) is 4.84. The molecule has 1 aromatic heterocycles. The number of aromatic nitrogens is 2. The van der Waals surface area contributed by atoms with Crippen LogP contribution in [0.4, 0.5) is 0 Å². The number of methoxy groups -OCH3 is 1. The SMILES string of the molecule is CCNC1(C(=O)OC)CCC(Sc2nc(CC)ns2)C1. The van der Waals surface area contributed by atoms with Gasteiger partial charge in [0.25, 0.3) is 0 Å². The Bertz CT molecular complexity index is 466. The minimum atomic E-state index is -0.514. The maximum absolute atomic E-state index is 12.1. The average Bonchev–Trinajstić information content (AvgIpc) is 3.07. The predicted molar refractivity (Wildman–Crippen MR) is 81.2 cm³/mol. The van der Waals surface area contributed by atoms with E-state index in [1.807, 2.05) is 6.92 Å². The molecule has 1 aliphatic rings. The van der Waals surface area contributed by atoms with Gasteiger partial charge in [0.2, 0.25) is 0 Å². The number of carbonyl (C=O) groups is 1. The Morgan fingerprint density at radius 2 is 2.40 bits per heavy atom. The topological polar surface area (TPSA) is 64.1 Å². The Morgan fingerprint density at radius 3 is 3.00 bits per heavy atom. The summed E-state index contributed by atoms with van der Waals surface area (Å²) in [5, 5.41) is 3.71. The van der Waals surface area contributed by atoms with Crippen molar-refractivity contribution < 1.29 is 9.53 Å². The summed E-state index contributed by atoms with van der Waals surface area (Å²) in [7, 11) is 1.46. The summed E-state index contributed by atoms with van der Waals surface area (Å²) >= 11 is 3.19. The van der Waals surface area contributed by atoms with Crippen molar-refractivity contribution in [2.45, 2.75) is 54.7 Å². The van der Waals surface area contributed by atoms with E-state index in [9.17, 15) is 4.79 Å². The van der Waals surface area contributed by atoms with Crippen molar-refractivity contribution in [2.75, 3.05) is 13.7 Å². The van der Waals surface area contributed by atoms with Crippen LogP contribution in [0.1, 0.15) is 38.9 Å². The van der Waals surface area contributed by atoms with Gasteiger partial charge in [0.15, 0.2) is 4.34 Å². The molecule has 0 aromatic carbocycles. The van der Waals surface area contributed by atoms with Crippen LogP contribution in [0.25, 0.3) is 0 Å². The highest BCUT2D eigenvalue weighted by molar-refractivity contribution is 8.01. The molecule has 0 saturated heterocycles. The van der Waals surface area contributed by atoms with Gasteiger partial charge in [-0.15, -0.1) is 0 Å². The van der Waals surface area contributed by atoms with Crippen LogP contribution in [0.15, 0.2) is 4.34 Å². The van der Waals surface area contributed by atoms with Gasteiger partial charge in [0.05, 0.1) is 7.11 Å². The predicted octanol–water partition coefficient (Wildman–Crippen LogP) is 2.27. The van der Waals surface area contributed by atoms with Gasteiger partial charge in [-0.05, 0) is 37.3 Å². The first-order valence-electron chi connectivity index (χ1n) is 6.96. The second-order valence-corrected chi connectivity index (χ2v) is 7.22. The van der Waals surface area contributed by atoms with E-state index in [-0.39, 0.29) is 5.97 Å². The van der Waals surface area contributed by atoms with Crippen molar-refractivity contribution in [3.63, 3.8) is 0 Å². The first-order chi connectivity index (χ1) is 9.63. The lowest BCUT2D eigenvalue weighted by atomic mass is 9.98. The molecule has 0 spiro atoms. The highest BCUT2D eigenvalue weighted by atomic mass is 32.2. The van der Waals surface area contributed by atoms with E-state index in [0.29, 0.717) is 5.25 Å². The van der Waals surface area contributed by atoms with E-state index in [2.05, 4.69) is 21.6 Å². The summed E-state index contributed by atoms with van der Waals surface area (Å²) in [5.41, 5.74) is -0.514. The third-order valence-electron chi connectivity index (χ3n) is 3.59. The molecule has 1 aliphatic carbocycles. The van der Waals surface area contributed by atoms with Crippen LogP contribution in [-0.4, -0.2) is 39.8 Å². The van der Waals surface area contributed by atoms with E-state index in [4.69, 9.17) is 4.74 Å². The van der Waals surface area contributed by atoms with Crippen molar-refractivity contribution in [1.29, 1.82) is 0 Å². The standard InChI is InChI=1S/C13H21N3O2S2/c1-4-10-15-12(20-16-10)19-9-6-7-13(8-9,14-5-2)11(17)18-3/h9,14H,4-8H2,1-3H3. The molecule has 0 radical (unpaired) electrons. The van der Waals surface area contributed by atoms with Gasteiger partial charge in [0.1, 0.15) is 11.4 Å². The van der Waals surface area contributed by atoms with Crippen LogP contribution in [0.5, 0.6) is 0 Å². The van der Waals surface area contributed by atoms with Gasteiger partial charge in [-0.3, -0.25) is 4.79 Å². The first-order valence-corrected chi connectivity index (χ1v) is 8.61. The van der Waals surface area contributed by atoms with Gasteiger partial charge >= 0.3 is 5.97 Å². The minimum Gasteiger partial charge on any atom is -0.468 e. The number of nitrogens with zero attached hydrogens (tertiary/aromatic N) is 2. The minimum absolute atomic E-state index is 0.144. The Hall–Kier alpha value is -0.660. The molecule has 112 valence electrons. The quantitative estimate of drug-likeness (QED) is 0.813. The first kappa shape index (κ1) is 15.7. The Morgan fingerprint density at radius 1 is 1.60 bits per heavy atom. The number of nitrogens with one attached hydrogen (secondary N) is 1. The fraction of sp³-hybridized carbons (Fsp3) is 0.769. The normalized spacial score (nSPS) is 25.9. The third-order valence-corrected chi connectivity index (χ3v) is 5.68. The number of rotatable bonds is 6. The van der Waals surface area contributed by atoms with E-state index in [1.54, 1.807) is 11.8 Å². The molecule has 20 heavy (non-hydrogen) atoms. The van der Waals surface area contributed by atoms with Crippen molar-refractivity contribution in [2.24, 2.45) is 0 Å². The summed E-state index contributed by atoms with van der Waals surface area (Å²) in [6, 6.07) is 0. The molecule has 1 fully saturated rings. The van der Waals surface area contributed by atoms with Crippen LogP contribution < -0.4 is 5.32 Å². The van der Waals surface area contributed by atoms with Gasteiger partial charge in [0, 0.05) is 11.7 Å². The van der Waals surface area contributed by atoms with Crippen molar-refractivity contribution >= 4 is 29.3 Å². The average molecular weight is 315 g/mol. The molecular formula is C13H21N3O2S2. The zero-order chi connectivity index (χ0) is 14.6. The van der Waals surface area contributed by atoms with Gasteiger partial charge in [-0.2, -0.15) is 4.37 Å². The van der Waals surface area contributed by atoms with Crippen LogP contribution in [0, 0.1) is 0 Å². The summed E-state index contributed by atoms with van der Waals surface area (Å²) < 4.78 is 10.3. The molecule has 2 atom stereocenters. The number of hydrogen-bond acceptors (Lipinski definition) is 7. The van der Waals surface area contributed by atoms with Crippen LogP contribution in [0.2, 0.25) is 0 Å². The number of esters is 1. The lowest BCUT2D eigenvalue weighted by molar-refractivity contribution is -0.148. The van der Waals surface area contributed by atoms with Crippen molar-refractivity contribution in [3.8, 4) is 0 Å². The van der Waals surface area contributed by atoms with Crippen LogP contribution in [-0.2, 0) is 16.0 Å². The lowest BCUT2D eigenvalue weighted by Gasteiger charge is -2.27. The molecule has 1 aromatic rings. The maximum atomic E-state index is 12.1. The molecule has 1 saturated carbocycles. The number of thioether (sulfide) groups is 1. The number of carbonyl (C=O) groups excluding carboxylic acids is 1. The molecule has 2 rings (SSSR count). The van der Waals surface area contributed by atoms with Crippen LogP contribution in [0.3, 0.4) is 0 Å². The zero-order valence-corrected chi connectivity index (χ0v) is 13.8. The van der Waals surface area contributed by atoms with Crippen molar-refractivity contribution in [3.05, 3.63) is 5.82 Å². The molecule has 0 bridgehead atoms. The van der Waals surface area contributed by atoms with Crippen LogP contribution >= 0.6 is 23.3 Å². The van der Waals surface area contributed by atoms with Gasteiger partial charge in [-0.1, -0.05) is 25.6 Å². The zero-order valence-electron chi connectivity index (χ0n) is 12.1. The molecule has 0 amide bonds. The molecule has 1 heterocycles. The maximum Gasteiger partial charge on any atom is 0.326 e. The van der Waals surface area contributed by atoms with Gasteiger partial charge < -0.3 is 10.1 Å². The fourth-order valence-corrected chi connectivity index (χ4v) is 4.86. The molecule has 5 nitrogen and oxygen atoms in total. The number of hydrogen-bond donors (Lipinski definition) is 1. The second kappa shape index (κ2) is 6.87. The third kappa shape index (κ3) is 3.32. The number of aryl methyl sites for hydroxylation is 1. The molecule has 7 heteroatoms. The second-order valence-electron chi connectivity index (χ2n) is 4.92. The van der Waals surface area contributed by atoms with E-state index in [1.165, 1.54) is 18.6 Å². The largest absolute Gasteiger partial charge is 0.468 e. The fourth-order valence-electron chi connectivity index (χ4n) is 2.62. The smallest absolute Gasteiger partial charge is 0.326 e. The Labute approximate surface area is 128 Å². The highest BCUT2D eigenvalue weighted by Gasteiger charge is 2.46. The van der Waals surface area contributed by atoms with Crippen molar-refractivity contribution in [1.82, 2.24) is 14.7 Å². The molecular weight excluding hydrogens is 294 g/mol. The highest BCUT2D eigenvalue weighted by Crippen LogP contribution is 2.41. The summed E-state index contributed by atoms with van der Waals surface area (Å²) in [4.78, 5) is 16.5. The number of likely N-dealkylation sites (N-methyl/N-ethyl adjacent to an activating group) is 1. The van der Waals surface area contributed by atoms with E-state index >= 15 is 0 Å². The molecule has 2 unspecified atom stereocenters. The van der Waals surface area contributed by atoms with E-state index in [0.717, 1.165) is 42.4 Å². The lowest BCUT2D eigenvalue weighted by Crippen LogP contribution is -2.50. The molecule has 0 aliphatic heterocycles. The molecule has 1 N–H and O–H groups in total. The monoisotopic (exact) mass is 315 g/mol.